The van der Waals surface area contributed by atoms with E-state index in [1.165, 1.54) is 29.5 Å². The summed E-state index contributed by atoms with van der Waals surface area (Å²) in [5.41, 5.74) is -0.596. The molecule has 0 atom stereocenters. The quantitative estimate of drug-likeness (QED) is 0.680. The molecule has 1 fully saturated rings. The number of sulfonamides is 1. The molecule has 0 saturated carbocycles. The molecule has 1 saturated heterocycles. The van der Waals surface area contributed by atoms with Gasteiger partial charge < -0.3 is 19.1 Å². The van der Waals surface area contributed by atoms with Gasteiger partial charge in [0.15, 0.2) is 0 Å². The summed E-state index contributed by atoms with van der Waals surface area (Å²) < 4.78 is 43.9. The van der Waals surface area contributed by atoms with Crippen molar-refractivity contribution >= 4 is 32.0 Å². The molecule has 1 aliphatic rings. The van der Waals surface area contributed by atoms with E-state index in [2.05, 4.69) is 15.9 Å². The van der Waals surface area contributed by atoms with Gasteiger partial charge in [0.2, 0.25) is 10.0 Å². The average molecular weight is 465 g/mol. The van der Waals surface area contributed by atoms with Gasteiger partial charge in [-0.1, -0.05) is 0 Å². The summed E-state index contributed by atoms with van der Waals surface area (Å²) in [6.07, 6.45) is -0.442. The second-order valence-electron chi connectivity index (χ2n) is 7.01. The van der Waals surface area contributed by atoms with Crippen molar-refractivity contribution in [3.8, 4) is 11.5 Å². The summed E-state index contributed by atoms with van der Waals surface area (Å²) >= 11 is 3.32. The molecule has 2 rings (SSSR count). The van der Waals surface area contributed by atoms with Gasteiger partial charge in [-0.05, 0) is 42.8 Å². The number of piperazine rings is 1. The van der Waals surface area contributed by atoms with Crippen LogP contribution in [0.2, 0.25) is 0 Å². The Morgan fingerprint density at radius 1 is 1.04 bits per heavy atom. The lowest BCUT2D eigenvalue weighted by Crippen LogP contribution is -2.51. The van der Waals surface area contributed by atoms with Crippen LogP contribution in [-0.4, -0.2) is 69.7 Å². The summed E-state index contributed by atoms with van der Waals surface area (Å²) in [7, 11) is -0.938. The molecular weight excluding hydrogens is 440 g/mol. The molecular formula is C17H25BrN2O6S. The van der Waals surface area contributed by atoms with Crippen molar-refractivity contribution in [1.82, 2.24) is 9.21 Å². The summed E-state index contributed by atoms with van der Waals surface area (Å²) in [4.78, 5) is 13.7. The Labute approximate surface area is 168 Å². The van der Waals surface area contributed by atoms with Crippen molar-refractivity contribution in [1.29, 1.82) is 0 Å². The Kier molecular flexibility index (Phi) is 6.64. The fourth-order valence-corrected chi connectivity index (χ4v) is 4.67. The first kappa shape index (κ1) is 21.8. The SMILES string of the molecule is COc1cc(S(=O)(=O)N2CCN(C(=O)OC(C)(C)C)CC2)c(OC)cc1Br. The van der Waals surface area contributed by atoms with Crippen LogP contribution in [0.3, 0.4) is 0 Å². The Hall–Kier alpha value is -1.52. The highest BCUT2D eigenvalue weighted by Crippen LogP contribution is 2.36. The highest BCUT2D eigenvalue weighted by molar-refractivity contribution is 9.10. The normalized spacial score (nSPS) is 16.1. The van der Waals surface area contributed by atoms with Gasteiger partial charge in [0.25, 0.3) is 0 Å². The van der Waals surface area contributed by atoms with Crippen molar-refractivity contribution in [2.75, 3.05) is 40.4 Å². The van der Waals surface area contributed by atoms with Crippen molar-refractivity contribution < 1.29 is 27.4 Å². The summed E-state index contributed by atoms with van der Waals surface area (Å²) in [6.45, 7) is 6.22. The monoisotopic (exact) mass is 464 g/mol. The fraction of sp³-hybridized carbons (Fsp3) is 0.588. The van der Waals surface area contributed by atoms with Crippen LogP contribution in [-0.2, 0) is 14.8 Å². The minimum Gasteiger partial charge on any atom is -0.496 e. The number of hydrogen-bond acceptors (Lipinski definition) is 6. The Morgan fingerprint density at radius 3 is 2.07 bits per heavy atom. The van der Waals surface area contributed by atoms with E-state index >= 15 is 0 Å². The van der Waals surface area contributed by atoms with E-state index in [9.17, 15) is 13.2 Å². The summed E-state index contributed by atoms with van der Waals surface area (Å²) in [6, 6.07) is 2.99. The molecule has 1 aromatic carbocycles. The van der Waals surface area contributed by atoms with Crippen LogP contribution in [0.1, 0.15) is 20.8 Å². The highest BCUT2D eigenvalue weighted by atomic mass is 79.9. The van der Waals surface area contributed by atoms with Crippen LogP contribution in [0.25, 0.3) is 0 Å². The van der Waals surface area contributed by atoms with Gasteiger partial charge in [-0.2, -0.15) is 4.31 Å². The predicted molar refractivity (Wildman–Crippen MR) is 104 cm³/mol. The topological polar surface area (TPSA) is 85.4 Å². The van der Waals surface area contributed by atoms with E-state index < -0.39 is 21.7 Å². The lowest BCUT2D eigenvalue weighted by Gasteiger charge is -2.35. The van der Waals surface area contributed by atoms with E-state index in [-0.39, 0.29) is 36.8 Å². The first-order chi connectivity index (χ1) is 12.5. The van der Waals surface area contributed by atoms with Gasteiger partial charge in [0, 0.05) is 32.2 Å². The van der Waals surface area contributed by atoms with Crippen LogP contribution in [0.15, 0.2) is 21.5 Å². The maximum Gasteiger partial charge on any atom is 0.410 e. The number of halogens is 1. The average Bonchev–Trinajstić information content (AvgIpc) is 2.59. The van der Waals surface area contributed by atoms with E-state index in [4.69, 9.17) is 14.2 Å². The first-order valence-corrected chi connectivity index (χ1v) is 10.6. The summed E-state index contributed by atoms with van der Waals surface area (Å²) in [5.74, 6) is 0.610. The zero-order valence-electron chi connectivity index (χ0n) is 16.1. The molecule has 0 aliphatic carbocycles. The van der Waals surface area contributed by atoms with Crippen LogP contribution in [0.5, 0.6) is 11.5 Å². The lowest BCUT2D eigenvalue weighted by molar-refractivity contribution is 0.0192. The molecule has 1 amide bonds. The predicted octanol–water partition coefficient (Wildman–Crippen LogP) is 2.71. The lowest BCUT2D eigenvalue weighted by atomic mass is 10.2. The summed E-state index contributed by atoms with van der Waals surface area (Å²) in [5, 5.41) is 0. The molecule has 1 aromatic rings. The minimum absolute atomic E-state index is 0.0239. The third-order valence-corrected chi connectivity index (χ3v) is 6.49. The molecule has 27 heavy (non-hydrogen) atoms. The molecule has 10 heteroatoms. The molecule has 0 radical (unpaired) electrons. The molecule has 1 aliphatic heterocycles. The number of carbonyl (C=O) groups excluding carboxylic acids is 1. The number of carbonyl (C=O) groups is 1. The number of amides is 1. The molecule has 8 nitrogen and oxygen atoms in total. The Balaban J connectivity index is 2.19. The van der Waals surface area contributed by atoms with Crippen molar-refractivity contribution in [2.24, 2.45) is 0 Å². The molecule has 0 aromatic heterocycles. The molecule has 0 spiro atoms. The zero-order chi connectivity index (χ0) is 20.4. The maximum absolute atomic E-state index is 13.1. The number of hydrogen-bond donors (Lipinski definition) is 0. The number of benzene rings is 1. The van der Waals surface area contributed by atoms with Gasteiger partial charge in [-0.15, -0.1) is 0 Å². The standard InChI is InChI=1S/C17H25BrN2O6S/c1-17(2,3)26-16(21)19-6-8-20(9-7-19)27(22,23)15-11-13(24-4)12(18)10-14(15)25-5/h10-11H,6-9H2,1-5H3. The van der Waals surface area contributed by atoms with Gasteiger partial charge in [-0.3, -0.25) is 0 Å². The van der Waals surface area contributed by atoms with Crippen LogP contribution >= 0.6 is 15.9 Å². The van der Waals surface area contributed by atoms with Crippen molar-refractivity contribution in [2.45, 2.75) is 31.3 Å². The molecule has 1 heterocycles. The zero-order valence-corrected chi connectivity index (χ0v) is 18.5. The molecule has 0 N–H and O–H groups in total. The molecule has 152 valence electrons. The first-order valence-electron chi connectivity index (χ1n) is 8.39. The largest absolute Gasteiger partial charge is 0.496 e. The molecule has 0 unspecified atom stereocenters. The second-order valence-corrected chi connectivity index (χ2v) is 9.77. The van der Waals surface area contributed by atoms with Gasteiger partial charge in [-0.25, -0.2) is 13.2 Å². The van der Waals surface area contributed by atoms with Crippen molar-refractivity contribution in [3.63, 3.8) is 0 Å². The number of ether oxygens (including phenoxy) is 3. The van der Waals surface area contributed by atoms with E-state index in [1.807, 2.05) is 0 Å². The Morgan fingerprint density at radius 2 is 1.59 bits per heavy atom. The van der Waals surface area contributed by atoms with Crippen LogP contribution in [0, 0.1) is 0 Å². The highest BCUT2D eigenvalue weighted by Gasteiger charge is 2.34. The smallest absolute Gasteiger partial charge is 0.410 e. The van der Waals surface area contributed by atoms with Gasteiger partial charge >= 0.3 is 6.09 Å². The van der Waals surface area contributed by atoms with Gasteiger partial charge in [0.05, 0.1) is 18.7 Å². The third kappa shape index (κ3) is 5.05. The van der Waals surface area contributed by atoms with E-state index in [1.54, 1.807) is 26.8 Å². The van der Waals surface area contributed by atoms with E-state index in [0.717, 1.165) is 0 Å². The molecule has 0 bridgehead atoms. The third-order valence-electron chi connectivity index (χ3n) is 3.95. The van der Waals surface area contributed by atoms with E-state index in [0.29, 0.717) is 10.2 Å². The second kappa shape index (κ2) is 8.24. The van der Waals surface area contributed by atoms with Gasteiger partial charge in [0.1, 0.15) is 22.0 Å². The van der Waals surface area contributed by atoms with Crippen molar-refractivity contribution in [3.05, 3.63) is 16.6 Å². The minimum atomic E-state index is -3.81. The number of methoxy groups -OCH3 is 2. The fourth-order valence-electron chi connectivity index (χ4n) is 2.61. The van der Waals surface area contributed by atoms with Crippen LogP contribution in [0.4, 0.5) is 4.79 Å². The Bertz CT molecular complexity index is 798. The number of rotatable bonds is 4. The maximum atomic E-state index is 13.1. The number of nitrogens with zero attached hydrogens (tertiary/aromatic N) is 2. The van der Waals surface area contributed by atoms with Crippen LogP contribution < -0.4 is 9.47 Å².